The molecule has 1 saturated carbocycles. The standard InChI is InChI=1S/C16H28N2O2/c1-11-7-5-6-8-12(11)18-10-9-13(19)17-14(15(18)20)16(2,3)4/h11-12,14H,5-10H2,1-4H3,(H,17,19). The Balaban J connectivity index is 2.23. The fourth-order valence-corrected chi connectivity index (χ4v) is 3.47. The number of hydrogen-bond donors (Lipinski definition) is 1. The molecule has 0 aromatic heterocycles. The van der Waals surface area contributed by atoms with Gasteiger partial charge in [-0.2, -0.15) is 0 Å². The molecule has 4 heteroatoms. The Morgan fingerprint density at radius 2 is 1.80 bits per heavy atom. The summed E-state index contributed by atoms with van der Waals surface area (Å²) < 4.78 is 0. The summed E-state index contributed by atoms with van der Waals surface area (Å²) in [5, 5.41) is 2.92. The van der Waals surface area contributed by atoms with E-state index in [0.29, 0.717) is 24.9 Å². The van der Waals surface area contributed by atoms with E-state index in [0.717, 1.165) is 6.42 Å². The first kappa shape index (κ1) is 15.3. The van der Waals surface area contributed by atoms with E-state index in [1.165, 1.54) is 19.3 Å². The zero-order valence-electron chi connectivity index (χ0n) is 13.2. The van der Waals surface area contributed by atoms with Crippen molar-refractivity contribution in [1.82, 2.24) is 10.2 Å². The smallest absolute Gasteiger partial charge is 0.245 e. The first-order chi connectivity index (χ1) is 9.30. The van der Waals surface area contributed by atoms with Gasteiger partial charge in [-0.3, -0.25) is 9.59 Å². The third-order valence-electron chi connectivity index (χ3n) is 4.75. The SMILES string of the molecule is CC1CCCCC1N1CCC(=O)NC(C(C)(C)C)C1=O. The van der Waals surface area contributed by atoms with Crippen molar-refractivity contribution in [1.29, 1.82) is 0 Å². The fraction of sp³-hybridized carbons (Fsp3) is 0.875. The van der Waals surface area contributed by atoms with E-state index in [4.69, 9.17) is 0 Å². The molecule has 1 heterocycles. The Labute approximate surface area is 122 Å². The van der Waals surface area contributed by atoms with E-state index in [1.807, 2.05) is 25.7 Å². The Hall–Kier alpha value is -1.06. The third-order valence-corrected chi connectivity index (χ3v) is 4.75. The van der Waals surface area contributed by atoms with E-state index >= 15 is 0 Å². The van der Waals surface area contributed by atoms with Crippen LogP contribution in [0.3, 0.4) is 0 Å². The van der Waals surface area contributed by atoms with Crippen LogP contribution < -0.4 is 5.32 Å². The molecule has 114 valence electrons. The second kappa shape index (κ2) is 5.74. The zero-order chi connectivity index (χ0) is 14.9. The molecule has 20 heavy (non-hydrogen) atoms. The minimum Gasteiger partial charge on any atom is -0.344 e. The summed E-state index contributed by atoms with van der Waals surface area (Å²) in [5.74, 6) is 0.660. The van der Waals surface area contributed by atoms with Gasteiger partial charge in [0.2, 0.25) is 11.8 Å². The van der Waals surface area contributed by atoms with Crippen molar-refractivity contribution in [2.75, 3.05) is 6.54 Å². The maximum absolute atomic E-state index is 12.9. The number of carbonyl (C=O) groups excluding carboxylic acids is 2. The van der Waals surface area contributed by atoms with Crippen LogP contribution in [-0.4, -0.2) is 35.3 Å². The van der Waals surface area contributed by atoms with Gasteiger partial charge in [0.1, 0.15) is 6.04 Å². The molecular formula is C16H28N2O2. The largest absolute Gasteiger partial charge is 0.344 e. The summed E-state index contributed by atoms with van der Waals surface area (Å²) in [4.78, 5) is 26.8. The van der Waals surface area contributed by atoms with Gasteiger partial charge in [-0.25, -0.2) is 0 Å². The normalized spacial score (nSPS) is 32.8. The van der Waals surface area contributed by atoms with Crippen LogP contribution in [0.25, 0.3) is 0 Å². The molecule has 2 aliphatic rings. The molecule has 0 bridgehead atoms. The van der Waals surface area contributed by atoms with Gasteiger partial charge in [0.05, 0.1) is 0 Å². The van der Waals surface area contributed by atoms with Crippen molar-refractivity contribution in [3.8, 4) is 0 Å². The molecule has 3 unspecified atom stereocenters. The fourth-order valence-electron chi connectivity index (χ4n) is 3.47. The van der Waals surface area contributed by atoms with E-state index < -0.39 is 6.04 Å². The van der Waals surface area contributed by atoms with Crippen LogP contribution in [-0.2, 0) is 9.59 Å². The molecule has 2 fully saturated rings. The van der Waals surface area contributed by atoms with Gasteiger partial charge < -0.3 is 10.2 Å². The molecule has 1 N–H and O–H groups in total. The summed E-state index contributed by atoms with van der Waals surface area (Å²) in [6, 6.07) is -0.0829. The first-order valence-corrected chi connectivity index (χ1v) is 7.90. The molecule has 0 spiro atoms. The Bertz CT molecular complexity index is 386. The molecule has 1 saturated heterocycles. The average Bonchev–Trinajstić information content (AvgIpc) is 2.50. The van der Waals surface area contributed by atoms with Crippen molar-refractivity contribution < 1.29 is 9.59 Å². The Morgan fingerprint density at radius 3 is 2.40 bits per heavy atom. The molecule has 4 nitrogen and oxygen atoms in total. The van der Waals surface area contributed by atoms with Gasteiger partial charge in [0, 0.05) is 19.0 Å². The highest BCUT2D eigenvalue weighted by Gasteiger charge is 2.41. The van der Waals surface area contributed by atoms with Crippen LogP contribution in [0, 0.1) is 11.3 Å². The highest BCUT2D eigenvalue weighted by atomic mass is 16.2. The monoisotopic (exact) mass is 280 g/mol. The molecule has 3 atom stereocenters. The van der Waals surface area contributed by atoms with Crippen molar-refractivity contribution in [2.24, 2.45) is 11.3 Å². The van der Waals surface area contributed by atoms with Crippen LogP contribution in [0.15, 0.2) is 0 Å². The van der Waals surface area contributed by atoms with Crippen molar-refractivity contribution in [3.05, 3.63) is 0 Å². The van der Waals surface area contributed by atoms with Crippen LogP contribution in [0.5, 0.6) is 0 Å². The van der Waals surface area contributed by atoms with E-state index in [9.17, 15) is 9.59 Å². The van der Waals surface area contributed by atoms with Gasteiger partial charge in [0.15, 0.2) is 0 Å². The number of hydrogen-bond acceptors (Lipinski definition) is 2. The summed E-state index contributed by atoms with van der Waals surface area (Å²) in [6.07, 6.45) is 5.16. The van der Waals surface area contributed by atoms with Crippen LogP contribution in [0.1, 0.15) is 59.8 Å². The van der Waals surface area contributed by atoms with E-state index in [-0.39, 0.29) is 17.2 Å². The second-order valence-electron chi connectivity index (χ2n) is 7.48. The lowest BCUT2D eigenvalue weighted by Crippen LogP contribution is -2.55. The van der Waals surface area contributed by atoms with Crippen molar-refractivity contribution in [3.63, 3.8) is 0 Å². The lowest BCUT2D eigenvalue weighted by molar-refractivity contribution is -0.140. The molecular weight excluding hydrogens is 252 g/mol. The molecule has 0 radical (unpaired) electrons. The molecule has 0 aromatic rings. The number of nitrogens with zero attached hydrogens (tertiary/aromatic N) is 1. The topological polar surface area (TPSA) is 49.4 Å². The number of nitrogens with one attached hydrogen (secondary N) is 1. The maximum atomic E-state index is 12.9. The van der Waals surface area contributed by atoms with Crippen LogP contribution in [0.2, 0.25) is 0 Å². The van der Waals surface area contributed by atoms with Gasteiger partial charge in [0.25, 0.3) is 0 Å². The molecule has 2 rings (SSSR count). The average molecular weight is 280 g/mol. The zero-order valence-corrected chi connectivity index (χ0v) is 13.2. The Morgan fingerprint density at radius 1 is 1.15 bits per heavy atom. The highest BCUT2D eigenvalue weighted by molar-refractivity contribution is 5.90. The van der Waals surface area contributed by atoms with Gasteiger partial charge >= 0.3 is 0 Å². The highest BCUT2D eigenvalue weighted by Crippen LogP contribution is 2.31. The number of amides is 2. The molecule has 0 aromatic carbocycles. The number of rotatable bonds is 1. The van der Waals surface area contributed by atoms with Crippen molar-refractivity contribution >= 4 is 11.8 Å². The maximum Gasteiger partial charge on any atom is 0.245 e. The molecule has 1 aliphatic carbocycles. The predicted molar refractivity (Wildman–Crippen MR) is 79.1 cm³/mol. The predicted octanol–water partition coefficient (Wildman–Crippen LogP) is 2.33. The lowest BCUT2D eigenvalue weighted by atomic mass is 9.82. The Kier molecular flexibility index (Phi) is 4.40. The van der Waals surface area contributed by atoms with Gasteiger partial charge in [-0.05, 0) is 24.2 Å². The van der Waals surface area contributed by atoms with E-state index in [1.54, 1.807) is 0 Å². The van der Waals surface area contributed by atoms with Gasteiger partial charge in [-0.1, -0.05) is 40.5 Å². The third kappa shape index (κ3) is 3.15. The first-order valence-electron chi connectivity index (χ1n) is 7.90. The summed E-state index contributed by atoms with van der Waals surface area (Å²) >= 11 is 0. The quantitative estimate of drug-likeness (QED) is 0.801. The van der Waals surface area contributed by atoms with Crippen LogP contribution >= 0.6 is 0 Å². The lowest BCUT2D eigenvalue weighted by Gasteiger charge is -2.40. The summed E-state index contributed by atoms with van der Waals surface area (Å²) in [6.45, 7) is 8.87. The second-order valence-corrected chi connectivity index (χ2v) is 7.48. The van der Waals surface area contributed by atoms with Gasteiger partial charge in [-0.15, -0.1) is 0 Å². The summed E-state index contributed by atoms with van der Waals surface area (Å²) in [7, 11) is 0. The van der Waals surface area contributed by atoms with Crippen LogP contribution in [0.4, 0.5) is 0 Å². The molecule has 1 aliphatic heterocycles. The minimum atomic E-state index is -0.397. The summed E-state index contributed by atoms with van der Waals surface area (Å²) in [5.41, 5.74) is -0.243. The van der Waals surface area contributed by atoms with E-state index in [2.05, 4.69) is 12.2 Å². The molecule has 2 amide bonds. The van der Waals surface area contributed by atoms with Crippen molar-refractivity contribution in [2.45, 2.75) is 71.9 Å². The minimum absolute atomic E-state index is 0.00392. The number of carbonyl (C=O) groups is 2.